The van der Waals surface area contributed by atoms with E-state index < -0.39 is 5.41 Å². The summed E-state index contributed by atoms with van der Waals surface area (Å²) in [6.45, 7) is 5.20. The second-order valence-corrected chi connectivity index (χ2v) is 3.13. The van der Waals surface area contributed by atoms with E-state index in [1.165, 1.54) is 0 Å². The molecule has 1 rings (SSSR count). The average Bonchev–Trinajstić information content (AvgIpc) is 2.62. The van der Waals surface area contributed by atoms with E-state index in [1.54, 1.807) is 0 Å². The molecular weight excluding hydrogens is 156 g/mol. The average molecular weight is 172 g/mol. The third kappa shape index (κ3) is 1.52. The molecule has 0 atom stereocenters. The first-order chi connectivity index (χ1) is 5.79. The molecule has 3 nitrogen and oxygen atoms in total. The quantitative estimate of drug-likeness (QED) is 0.601. The zero-order chi connectivity index (χ0) is 9.03. The minimum Gasteiger partial charge on any atom is -0.349 e. The van der Waals surface area contributed by atoms with Gasteiger partial charge in [-0.2, -0.15) is 0 Å². The predicted molar refractivity (Wildman–Crippen MR) is 44.8 cm³/mol. The van der Waals surface area contributed by atoms with E-state index in [0.717, 1.165) is 19.1 Å². The van der Waals surface area contributed by atoms with Crippen LogP contribution in [0, 0.1) is 5.41 Å². The van der Waals surface area contributed by atoms with Gasteiger partial charge in [-0.1, -0.05) is 13.8 Å². The Bertz CT molecular complexity index is 146. The van der Waals surface area contributed by atoms with Gasteiger partial charge in [0.15, 0.2) is 6.29 Å². The molecule has 0 unspecified atom stereocenters. The molecule has 0 N–H and O–H groups in total. The maximum atomic E-state index is 10.9. The van der Waals surface area contributed by atoms with Crippen LogP contribution in [0.3, 0.4) is 0 Å². The van der Waals surface area contributed by atoms with Gasteiger partial charge in [0.25, 0.3) is 0 Å². The number of hydrogen-bond donors (Lipinski definition) is 0. The number of hydrogen-bond acceptors (Lipinski definition) is 3. The Morgan fingerprint density at radius 2 is 1.83 bits per heavy atom. The fraction of sp³-hybridized carbons (Fsp3) is 0.889. The van der Waals surface area contributed by atoms with E-state index in [0.29, 0.717) is 13.2 Å². The number of aldehydes is 1. The van der Waals surface area contributed by atoms with Crippen LogP contribution in [-0.4, -0.2) is 25.8 Å². The standard InChI is InChI=1S/C9H16O3/c1-3-9(4-2,7-10)8-11-5-6-12-8/h7-8H,3-6H2,1-2H3. The molecule has 0 radical (unpaired) electrons. The summed E-state index contributed by atoms with van der Waals surface area (Å²) < 4.78 is 10.7. The van der Waals surface area contributed by atoms with Gasteiger partial charge in [-0.05, 0) is 12.8 Å². The molecule has 1 aliphatic rings. The molecule has 70 valence electrons. The summed E-state index contributed by atoms with van der Waals surface area (Å²) in [5.74, 6) is 0. The van der Waals surface area contributed by atoms with E-state index in [2.05, 4.69) is 0 Å². The van der Waals surface area contributed by atoms with Crippen molar-refractivity contribution in [1.29, 1.82) is 0 Å². The number of ether oxygens (including phenoxy) is 2. The van der Waals surface area contributed by atoms with Crippen molar-refractivity contribution in [3.63, 3.8) is 0 Å². The van der Waals surface area contributed by atoms with E-state index in [1.807, 2.05) is 13.8 Å². The topological polar surface area (TPSA) is 35.5 Å². The molecule has 3 heteroatoms. The van der Waals surface area contributed by atoms with Crippen molar-refractivity contribution in [2.45, 2.75) is 33.0 Å². The molecular formula is C9H16O3. The Kier molecular flexibility index (Phi) is 3.23. The van der Waals surface area contributed by atoms with Gasteiger partial charge < -0.3 is 14.3 Å². The van der Waals surface area contributed by atoms with Gasteiger partial charge in [0.2, 0.25) is 0 Å². The van der Waals surface area contributed by atoms with Crippen molar-refractivity contribution in [2.75, 3.05) is 13.2 Å². The molecule has 12 heavy (non-hydrogen) atoms. The lowest BCUT2D eigenvalue weighted by atomic mass is 9.83. The van der Waals surface area contributed by atoms with Gasteiger partial charge in [-0.25, -0.2) is 0 Å². The lowest BCUT2D eigenvalue weighted by Crippen LogP contribution is -2.36. The summed E-state index contributed by atoms with van der Waals surface area (Å²) in [5, 5.41) is 0. The first-order valence-corrected chi connectivity index (χ1v) is 4.48. The molecule has 1 saturated heterocycles. The van der Waals surface area contributed by atoms with Crippen LogP contribution in [0.2, 0.25) is 0 Å². The van der Waals surface area contributed by atoms with Crippen molar-refractivity contribution < 1.29 is 14.3 Å². The van der Waals surface area contributed by atoms with Crippen molar-refractivity contribution >= 4 is 6.29 Å². The van der Waals surface area contributed by atoms with E-state index >= 15 is 0 Å². The van der Waals surface area contributed by atoms with E-state index in [4.69, 9.17) is 9.47 Å². The third-order valence-corrected chi connectivity index (χ3v) is 2.64. The van der Waals surface area contributed by atoms with Crippen LogP contribution in [0.5, 0.6) is 0 Å². The van der Waals surface area contributed by atoms with Crippen molar-refractivity contribution in [3.8, 4) is 0 Å². The van der Waals surface area contributed by atoms with Gasteiger partial charge >= 0.3 is 0 Å². The lowest BCUT2D eigenvalue weighted by Gasteiger charge is -2.29. The Labute approximate surface area is 73.0 Å². The van der Waals surface area contributed by atoms with Crippen LogP contribution in [-0.2, 0) is 14.3 Å². The highest BCUT2D eigenvalue weighted by Gasteiger charge is 2.39. The van der Waals surface area contributed by atoms with Crippen molar-refractivity contribution in [1.82, 2.24) is 0 Å². The van der Waals surface area contributed by atoms with Crippen LogP contribution in [0.15, 0.2) is 0 Å². The first-order valence-electron chi connectivity index (χ1n) is 4.48. The smallest absolute Gasteiger partial charge is 0.169 e. The first kappa shape index (κ1) is 9.68. The SMILES string of the molecule is CCC(C=O)(CC)C1OCCO1. The summed E-state index contributed by atoms with van der Waals surface area (Å²) in [4.78, 5) is 10.9. The summed E-state index contributed by atoms with van der Waals surface area (Å²) in [7, 11) is 0. The molecule has 0 aromatic carbocycles. The molecule has 0 saturated carbocycles. The minimum atomic E-state index is -0.420. The van der Waals surface area contributed by atoms with Crippen LogP contribution in [0.4, 0.5) is 0 Å². The third-order valence-electron chi connectivity index (χ3n) is 2.64. The van der Waals surface area contributed by atoms with Crippen molar-refractivity contribution in [2.24, 2.45) is 5.41 Å². The molecule has 0 aromatic heterocycles. The molecule has 1 heterocycles. The Morgan fingerprint density at radius 3 is 2.17 bits per heavy atom. The number of carbonyl (C=O) groups excluding carboxylic acids is 1. The molecule has 1 aliphatic heterocycles. The minimum absolute atomic E-state index is 0.315. The van der Waals surface area contributed by atoms with E-state index in [9.17, 15) is 4.79 Å². The largest absolute Gasteiger partial charge is 0.349 e. The zero-order valence-corrected chi connectivity index (χ0v) is 7.71. The Hall–Kier alpha value is -0.410. The van der Waals surface area contributed by atoms with Gasteiger partial charge in [0.1, 0.15) is 6.29 Å². The molecule has 1 fully saturated rings. The monoisotopic (exact) mass is 172 g/mol. The van der Waals surface area contributed by atoms with Crippen LogP contribution >= 0.6 is 0 Å². The summed E-state index contributed by atoms with van der Waals surface area (Å²) in [6, 6.07) is 0. The van der Waals surface area contributed by atoms with Gasteiger partial charge in [-0.3, -0.25) is 0 Å². The van der Waals surface area contributed by atoms with Crippen LogP contribution in [0.1, 0.15) is 26.7 Å². The summed E-state index contributed by atoms with van der Waals surface area (Å²) in [6.07, 6.45) is 2.21. The number of carbonyl (C=O) groups is 1. The fourth-order valence-electron chi connectivity index (χ4n) is 1.50. The highest BCUT2D eigenvalue weighted by molar-refractivity contribution is 5.60. The second kappa shape index (κ2) is 4.01. The Balaban J connectivity index is 2.68. The summed E-state index contributed by atoms with van der Waals surface area (Å²) >= 11 is 0. The maximum absolute atomic E-state index is 10.9. The van der Waals surface area contributed by atoms with Gasteiger partial charge in [0.05, 0.1) is 18.6 Å². The lowest BCUT2D eigenvalue weighted by molar-refractivity contribution is -0.152. The molecule has 0 bridgehead atoms. The Morgan fingerprint density at radius 1 is 1.33 bits per heavy atom. The highest BCUT2D eigenvalue weighted by Crippen LogP contribution is 2.32. The van der Waals surface area contributed by atoms with Crippen LogP contribution in [0.25, 0.3) is 0 Å². The molecule has 0 spiro atoms. The fourth-order valence-corrected chi connectivity index (χ4v) is 1.50. The molecule has 0 aromatic rings. The number of rotatable bonds is 4. The van der Waals surface area contributed by atoms with Crippen LogP contribution < -0.4 is 0 Å². The zero-order valence-electron chi connectivity index (χ0n) is 7.71. The van der Waals surface area contributed by atoms with Gasteiger partial charge in [-0.15, -0.1) is 0 Å². The van der Waals surface area contributed by atoms with E-state index in [-0.39, 0.29) is 6.29 Å². The maximum Gasteiger partial charge on any atom is 0.169 e. The predicted octanol–water partition coefficient (Wildman–Crippen LogP) is 1.36. The molecule has 0 aliphatic carbocycles. The molecule has 0 amide bonds. The highest BCUT2D eigenvalue weighted by atomic mass is 16.7. The van der Waals surface area contributed by atoms with Crippen molar-refractivity contribution in [3.05, 3.63) is 0 Å². The van der Waals surface area contributed by atoms with Gasteiger partial charge in [0, 0.05) is 0 Å². The normalized spacial score (nSPS) is 19.8. The summed E-state index contributed by atoms with van der Waals surface area (Å²) in [5.41, 5.74) is -0.420. The second-order valence-electron chi connectivity index (χ2n) is 3.13.